The number of nitrogens with zero attached hydrogens (tertiary/aromatic N) is 2. The van der Waals surface area contributed by atoms with E-state index in [1.54, 1.807) is 11.8 Å². The minimum atomic E-state index is 0.234. The van der Waals surface area contributed by atoms with Gasteiger partial charge in [-0.1, -0.05) is 36.2 Å². The second-order valence-corrected chi connectivity index (χ2v) is 6.48. The molecule has 0 amide bonds. The van der Waals surface area contributed by atoms with Gasteiger partial charge in [-0.25, -0.2) is 0 Å². The number of hydrogen-bond donors (Lipinski definition) is 1. The molecule has 0 aliphatic carbocycles. The molecule has 3 rings (SSSR count). The molecule has 1 fully saturated rings. The van der Waals surface area contributed by atoms with E-state index in [1.807, 2.05) is 0 Å². The van der Waals surface area contributed by atoms with E-state index in [2.05, 4.69) is 46.6 Å². The van der Waals surface area contributed by atoms with Crippen LogP contribution in [0, 0.1) is 6.92 Å². The number of nitrogens with one attached hydrogen (secondary N) is 1. The molecule has 1 aliphatic heterocycles. The molecule has 0 spiro atoms. The highest BCUT2D eigenvalue weighted by molar-refractivity contribution is 7.98. The van der Waals surface area contributed by atoms with Gasteiger partial charge in [0.15, 0.2) is 5.82 Å². The fourth-order valence-corrected chi connectivity index (χ4v) is 3.44. The number of rotatable bonds is 4. The minimum Gasteiger partial charge on any atom is -0.338 e. The SMILES string of the molecule is Cc1ccccc1SCc1noc(C2CCCCCN2)n1. The molecule has 4 nitrogen and oxygen atoms in total. The summed E-state index contributed by atoms with van der Waals surface area (Å²) in [5.74, 6) is 2.28. The van der Waals surface area contributed by atoms with Gasteiger partial charge in [-0.2, -0.15) is 4.98 Å². The number of thioether (sulfide) groups is 1. The molecule has 0 saturated carbocycles. The van der Waals surface area contributed by atoms with Gasteiger partial charge in [0.2, 0.25) is 5.89 Å². The van der Waals surface area contributed by atoms with Crippen molar-refractivity contribution in [2.24, 2.45) is 0 Å². The van der Waals surface area contributed by atoms with Gasteiger partial charge in [0.25, 0.3) is 0 Å². The van der Waals surface area contributed by atoms with Gasteiger partial charge in [0.05, 0.1) is 11.8 Å². The third kappa shape index (κ3) is 3.86. The molecule has 112 valence electrons. The van der Waals surface area contributed by atoms with Crippen molar-refractivity contribution in [2.45, 2.75) is 49.3 Å². The van der Waals surface area contributed by atoms with Crippen molar-refractivity contribution in [3.05, 3.63) is 41.5 Å². The lowest BCUT2D eigenvalue weighted by atomic mass is 10.1. The van der Waals surface area contributed by atoms with E-state index in [0.29, 0.717) is 0 Å². The van der Waals surface area contributed by atoms with E-state index < -0.39 is 0 Å². The zero-order chi connectivity index (χ0) is 14.5. The molecular weight excluding hydrogens is 282 g/mol. The van der Waals surface area contributed by atoms with Crippen molar-refractivity contribution in [1.29, 1.82) is 0 Å². The fourth-order valence-electron chi connectivity index (χ4n) is 2.57. The molecule has 1 saturated heterocycles. The highest BCUT2D eigenvalue weighted by atomic mass is 32.2. The van der Waals surface area contributed by atoms with E-state index >= 15 is 0 Å². The Kier molecular flexibility index (Phi) is 4.93. The van der Waals surface area contributed by atoms with E-state index in [1.165, 1.54) is 29.7 Å². The van der Waals surface area contributed by atoms with Crippen LogP contribution in [0.1, 0.15) is 49.0 Å². The van der Waals surface area contributed by atoms with E-state index in [4.69, 9.17) is 4.52 Å². The van der Waals surface area contributed by atoms with Crippen molar-refractivity contribution >= 4 is 11.8 Å². The first-order valence-electron chi connectivity index (χ1n) is 7.57. The smallest absolute Gasteiger partial charge is 0.243 e. The van der Waals surface area contributed by atoms with E-state index in [0.717, 1.165) is 30.4 Å². The summed E-state index contributed by atoms with van der Waals surface area (Å²) in [6, 6.07) is 8.61. The van der Waals surface area contributed by atoms with Crippen LogP contribution >= 0.6 is 11.8 Å². The van der Waals surface area contributed by atoms with Gasteiger partial charge >= 0.3 is 0 Å². The lowest BCUT2D eigenvalue weighted by Crippen LogP contribution is -2.20. The number of aromatic nitrogens is 2. The molecule has 0 radical (unpaired) electrons. The van der Waals surface area contributed by atoms with Crippen LogP contribution in [0.2, 0.25) is 0 Å². The molecule has 1 aliphatic rings. The predicted octanol–water partition coefficient (Wildman–Crippen LogP) is 3.88. The maximum Gasteiger partial charge on any atom is 0.243 e. The van der Waals surface area contributed by atoms with Crippen LogP contribution in [0.4, 0.5) is 0 Å². The zero-order valence-corrected chi connectivity index (χ0v) is 13.2. The van der Waals surface area contributed by atoms with Crippen molar-refractivity contribution in [3.8, 4) is 0 Å². The molecule has 1 aromatic heterocycles. The van der Waals surface area contributed by atoms with Gasteiger partial charge < -0.3 is 9.84 Å². The normalized spacial score (nSPS) is 19.4. The summed E-state index contributed by atoms with van der Waals surface area (Å²) in [4.78, 5) is 5.83. The van der Waals surface area contributed by atoms with Crippen molar-refractivity contribution < 1.29 is 4.52 Å². The van der Waals surface area contributed by atoms with Crippen LogP contribution in [0.3, 0.4) is 0 Å². The number of benzene rings is 1. The second-order valence-electron chi connectivity index (χ2n) is 5.46. The zero-order valence-electron chi connectivity index (χ0n) is 12.3. The Morgan fingerprint density at radius 1 is 1.29 bits per heavy atom. The highest BCUT2D eigenvalue weighted by Gasteiger charge is 2.20. The molecule has 1 atom stereocenters. The molecule has 0 bridgehead atoms. The maximum absolute atomic E-state index is 5.44. The molecule has 1 N–H and O–H groups in total. The van der Waals surface area contributed by atoms with E-state index in [9.17, 15) is 0 Å². The van der Waals surface area contributed by atoms with Crippen molar-refractivity contribution in [3.63, 3.8) is 0 Å². The van der Waals surface area contributed by atoms with Gasteiger partial charge in [-0.3, -0.25) is 0 Å². The summed E-state index contributed by atoms with van der Waals surface area (Å²) in [7, 11) is 0. The van der Waals surface area contributed by atoms with Crippen LogP contribution in [0.25, 0.3) is 0 Å². The summed E-state index contributed by atoms with van der Waals surface area (Å²) >= 11 is 1.76. The Balaban J connectivity index is 1.61. The summed E-state index contributed by atoms with van der Waals surface area (Å²) in [5, 5.41) is 7.61. The Morgan fingerprint density at radius 2 is 2.19 bits per heavy atom. The average Bonchev–Trinajstić information content (AvgIpc) is 2.80. The predicted molar refractivity (Wildman–Crippen MR) is 84.2 cm³/mol. The highest BCUT2D eigenvalue weighted by Crippen LogP contribution is 2.26. The van der Waals surface area contributed by atoms with Crippen molar-refractivity contribution in [1.82, 2.24) is 15.5 Å². The van der Waals surface area contributed by atoms with Crippen LogP contribution in [-0.2, 0) is 5.75 Å². The Morgan fingerprint density at radius 3 is 3.10 bits per heavy atom. The maximum atomic E-state index is 5.44. The van der Waals surface area contributed by atoms with Gasteiger partial charge in [0.1, 0.15) is 0 Å². The fraction of sp³-hybridized carbons (Fsp3) is 0.500. The minimum absolute atomic E-state index is 0.234. The first-order valence-corrected chi connectivity index (χ1v) is 8.56. The molecule has 5 heteroatoms. The first-order chi connectivity index (χ1) is 10.3. The molecular formula is C16H21N3OS. The number of aryl methyl sites for hydroxylation is 1. The molecule has 2 heterocycles. The Labute approximate surface area is 129 Å². The van der Waals surface area contributed by atoms with E-state index in [-0.39, 0.29) is 6.04 Å². The Hall–Kier alpha value is -1.33. The topological polar surface area (TPSA) is 51.0 Å². The lowest BCUT2D eigenvalue weighted by molar-refractivity contribution is 0.325. The van der Waals surface area contributed by atoms with Gasteiger partial charge in [-0.15, -0.1) is 11.8 Å². The second kappa shape index (κ2) is 7.09. The molecule has 1 aromatic carbocycles. The van der Waals surface area contributed by atoms with Crippen LogP contribution < -0.4 is 5.32 Å². The molecule has 1 unspecified atom stereocenters. The van der Waals surface area contributed by atoms with Gasteiger partial charge in [-0.05, 0) is 37.9 Å². The first kappa shape index (κ1) is 14.6. The third-order valence-electron chi connectivity index (χ3n) is 3.79. The summed E-state index contributed by atoms with van der Waals surface area (Å²) in [5.41, 5.74) is 1.29. The van der Waals surface area contributed by atoms with Crippen LogP contribution in [0.5, 0.6) is 0 Å². The van der Waals surface area contributed by atoms with Crippen LogP contribution in [-0.4, -0.2) is 16.7 Å². The average molecular weight is 303 g/mol. The number of hydrogen-bond acceptors (Lipinski definition) is 5. The lowest BCUT2D eigenvalue weighted by Gasteiger charge is -2.09. The van der Waals surface area contributed by atoms with Crippen LogP contribution in [0.15, 0.2) is 33.7 Å². The monoisotopic (exact) mass is 303 g/mol. The third-order valence-corrected chi connectivity index (χ3v) is 4.96. The summed E-state index contributed by atoms with van der Waals surface area (Å²) in [6.45, 7) is 3.17. The quantitative estimate of drug-likeness (QED) is 0.869. The van der Waals surface area contributed by atoms with Gasteiger partial charge in [0, 0.05) is 4.90 Å². The molecule has 2 aromatic rings. The largest absolute Gasteiger partial charge is 0.338 e. The summed E-state index contributed by atoms with van der Waals surface area (Å²) in [6.07, 6.45) is 4.84. The standard InChI is InChI=1S/C16H21N3OS/c1-12-7-4-5-9-14(12)21-11-15-18-16(20-19-15)13-8-3-2-6-10-17-13/h4-5,7,9,13,17H,2-3,6,8,10-11H2,1H3. The molecule has 21 heavy (non-hydrogen) atoms. The Bertz CT molecular complexity index is 576. The van der Waals surface area contributed by atoms with Crippen molar-refractivity contribution in [2.75, 3.05) is 6.54 Å². The summed E-state index contributed by atoms with van der Waals surface area (Å²) < 4.78 is 5.44.